The maximum absolute atomic E-state index is 14.5. The fourth-order valence-corrected chi connectivity index (χ4v) is 5.50. The Hall–Kier alpha value is -3.69. The lowest BCUT2D eigenvalue weighted by atomic mass is 9.88. The summed E-state index contributed by atoms with van der Waals surface area (Å²) in [6.07, 6.45) is 1.35. The Labute approximate surface area is 223 Å². The molecule has 4 aromatic rings. The fourth-order valence-electron chi connectivity index (χ4n) is 5.34. The minimum atomic E-state index is -1.05. The number of hydrogen-bond acceptors (Lipinski definition) is 6. The molecule has 196 valence electrons. The first-order chi connectivity index (χ1) is 18.4. The second-order valence-electron chi connectivity index (χ2n) is 9.74. The number of carboxylic acid groups (broad SMARTS) is 1. The maximum atomic E-state index is 14.5. The van der Waals surface area contributed by atoms with Crippen molar-refractivity contribution in [2.45, 2.75) is 31.4 Å². The molecule has 38 heavy (non-hydrogen) atoms. The molecule has 1 fully saturated rings. The lowest BCUT2D eigenvalue weighted by Crippen LogP contribution is -2.33. The van der Waals surface area contributed by atoms with E-state index in [0.717, 1.165) is 43.1 Å². The lowest BCUT2D eigenvalue weighted by molar-refractivity contribution is 0.0691. The Morgan fingerprint density at radius 2 is 1.95 bits per heavy atom. The molecule has 8 nitrogen and oxygen atoms in total. The smallest absolute Gasteiger partial charge is 0.354 e. The van der Waals surface area contributed by atoms with Gasteiger partial charge in [0.1, 0.15) is 23.8 Å². The second-order valence-corrected chi connectivity index (χ2v) is 10.2. The second kappa shape index (κ2) is 9.89. The van der Waals surface area contributed by atoms with Gasteiger partial charge in [0, 0.05) is 23.2 Å². The normalized spacial score (nSPS) is 18.1. The Morgan fingerprint density at radius 3 is 2.71 bits per heavy atom. The van der Waals surface area contributed by atoms with E-state index < -0.39 is 17.9 Å². The van der Waals surface area contributed by atoms with Gasteiger partial charge in [0.25, 0.3) is 0 Å². The Balaban J connectivity index is 1.13. The molecule has 0 spiro atoms. The molecule has 1 N–H and O–H groups in total. The number of aromatic nitrogens is 3. The SMILES string of the molecule is Cn1c(CN2CCC(c3cccc4c3OCC(c3ccc(Cl)cc3F)O4)CC2)nc2ccc(C(=O)O)nc21. The van der Waals surface area contributed by atoms with E-state index in [2.05, 4.69) is 20.9 Å². The Bertz CT molecular complexity index is 1530. The van der Waals surface area contributed by atoms with E-state index in [4.69, 9.17) is 21.1 Å². The minimum absolute atomic E-state index is 0.00915. The summed E-state index contributed by atoms with van der Waals surface area (Å²) in [5.41, 5.74) is 2.81. The maximum Gasteiger partial charge on any atom is 0.354 e. The summed E-state index contributed by atoms with van der Waals surface area (Å²) in [6.45, 7) is 2.64. The number of para-hydroxylation sites is 1. The van der Waals surface area contributed by atoms with Crippen LogP contribution in [0.4, 0.5) is 4.39 Å². The molecule has 6 rings (SSSR count). The number of nitrogens with zero attached hydrogens (tertiary/aromatic N) is 4. The van der Waals surface area contributed by atoms with Crippen molar-refractivity contribution in [3.8, 4) is 11.5 Å². The molecule has 1 unspecified atom stereocenters. The highest BCUT2D eigenvalue weighted by Gasteiger charge is 2.30. The van der Waals surface area contributed by atoms with Crippen LogP contribution in [0.2, 0.25) is 5.02 Å². The van der Waals surface area contributed by atoms with Gasteiger partial charge in [0.2, 0.25) is 0 Å². The van der Waals surface area contributed by atoms with Crippen LogP contribution in [0.5, 0.6) is 11.5 Å². The highest BCUT2D eigenvalue weighted by Crippen LogP contribution is 2.44. The van der Waals surface area contributed by atoms with Gasteiger partial charge in [-0.1, -0.05) is 29.8 Å². The van der Waals surface area contributed by atoms with E-state index in [-0.39, 0.29) is 12.3 Å². The Kier molecular flexibility index (Phi) is 6.41. The highest BCUT2D eigenvalue weighted by atomic mass is 35.5. The van der Waals surface area contributed by atoms with Crippen LogP contribution >= 0.6 is 11.6 Å². The Morgan fingerprint density at radius 1 is 1.13 bits per heavy atom. The molecular formula is C28H26ClFN4O4. The fraction of sp³-hybridized carbons (Fsp3) is 0.321. The number of likely N-dealkylation sites (tertiary alicyclic amines) is 1. The first kappa shape index (κ1) is 24.6. The van der Waals surface area contributed by atoms with Gasteiger partial charge in [0.05, 0.1) is 6.54 Å². The number of halogens is 2. The molecule has 0 bridgehead atoms. The van der Waals surface area contributed by atoms with E-state index in [0.29, 0.717) is 40.0 Å². The zero-order chi connectivity index (χ0) is 26.4. The van der Waals surface area contributed by atoms with Crippen LogP contribution in [-0.2, 0) is 13.6 Å². The van der Waals surface area contributed by atoms with Crippen molar-refractivity contribution in [2.24, 2.45) is 7.05 Å². The van der Waals surface area contributed by atoms with Crippen molar-refractivity contribution >= 4 is 28.7 Å². The van der Waals surface area contributed by atoms with Gasteiger partial charge in [-0.05, 0) is 62.2 Å². The van der Waals surface area contributed by atoms with Crippen molar-refractivity contribution in [3.05, 3.63) is 82.0 Å². The molecule has 2 aromatic heterocycles. The number of carbonyl (C=O) groups is 1. The van der Waals surface area contributed by atoms with Gasteiger partial charge in [0.15, 0.2) is 28.9 Å². The summed E-state index contributed by atoms with van der Waals surface area (Å²) in [6, 6.07) is 13.7. The van der Waals surface area contributed by atoms with Gasteiger partial charge >= 0.3 is 5.97 Å². The van der Waals surface area contributed by atoms with Crippen LogP contribution in [0.3, 0.4) is 0 Å². The van der Waals surface area contributed by atoms with E-state index >= 15 is 0 Å². The average molecular weight is 537 g/mol. The van der Waals surface area contributed by atoms with Crippen LogP contribution in [-0.4, -0.2) is 50.2 Å². The lowest BCUT2D eigenvalue weighted by Gasteiger charge is -2.34. The third-order valence-corrected chi connectivity index (χ3v) is 7.62. The zero-order valence-electron chi connectivity index (χ0n) is 20.7. The number of piperidine rings is 1. The molecule has 1 saturated heterocycles. The molecule has 2 aliphatic heterocycles. The van der Waals surface area contributed by atoms with E-state index in [1.807, 2.05) is 23.7 Å². The molecule has 10 heteroatoms. The summed E-state index contributed by atoms with van der Waals surface area (Å²) in [5, 5.41) is 9.59. The van der Waals surface area contributed by atoms with Crippen molar-refractivity contribution in [3.63, 3.8) is 0 Å². The average Bonchev–Trinajstić information content (AvgIpc) is 3.22. The van der Waals surface area contributed by atoms with E-state index in [9.17, 15) is 14.3 Å². The van der Waals surface area contributed by atoms with Crippen molar-refractivity contribution in [1.82, 2.24) is 19.4 Å². The molecule has 2 aromatic carbocycles. The van der Waals surface area contributed by atoms with Crippen LogP contribution in [0.15, 0.2) is 48.5 Å². The largest absolute Gasteiger partial charge is 0.485 e. The van der Waals surface area contributed by atoms with Gasteiger partial charge in [-0.25, -0.2) is 19.2 Å². The summed E-state index contributed by atoms with van der Waals surface area (Å²) in [5.74, 6) is 1.07. The minimum Gasteiger partial charge on any atom is -0.485 e. The van der Waals surface area contributed by atoms with Gasteiger partial charge in [-0.15, -0.1) is 0 Å². The zero-order valence-corrected chi connectivity index (χ0v) is 21.5. The number of pyridine rings is 1. The standard InChI is InChI=1S/C28H26ClFN4O4/c1-33-25(31-21-7-8-22(28(35)36)32-27(21)33)14-34-11-9-16(10-12-34)18-3-2-4-23-26(18)37-15-24(38-23)19-6-5-17(29)13-20(19)30/h2-8,13,16,24H,9-12,14-15H2,1H3,(H,35,36). The molecular weight excluding hydrogens is 511 g/mol. The van der Waals surface area contributed by atoms with E-state index in [1.54, 1.807) is 18.2 Å². The summed E-state index contributed by atoms with van der Waals surface area (Å²) in [4.78, 5) is 22.6. The topological polar surface area (TPSA) is 89.7 Å². The van der Waals surface area contributed by atoms with Crippen molar-refractivity contribution in [2.75, 3.05) is 19.7 Å². The van der Waals surface area contributed by atoms with Crippen LogP contribution < -0.4 is 9.47 Å². The first-order valence-electron chi connectivity index (χ1n) is 12.5. The predicted octanol–water partition coefficient (Wildman–Crippen LogP) is 5.35. The molecule has 0 saturated carbocycles. The van der Waals surface area contributed by atoms with Crippen molar-refractivity contribution < 1.29 is 23.8 Å². The van der Waals surface area contributed by atoms with E-state index in [1.165, 1.54) is 12.1 Å². The monoisotopic (exact) mass is 536 g/mol. The molecule has 4 heterocycles. The van der Waals surface area contributed by atoms with Crippen molar-refractivity contribution in [1.29, 1.82) is 0 Å². The quantitative estimate of drug-likeness (QED) is 0.367. The number of imidazole rings is 1. The number of ether oxygens (including phenoxy) is 2. The number of hydrogen-bond donors (Lipinski definition) is 1. The molecule has 0 radical (unpaired) electrons. The number of benzene rings is 2. The number of aromatic carboxylic acids is 1. The summed E-state index contributed by atoms with van der Waals surface area (Å²) >= 11 is 5.90. The first-order valence-corrected chi connectivity index (χ1v) is 12.9. The van der Waals surface area contributed by atoms with Crippen LogP contribution in [0, 0.1) is 5.82 Å². The predicted molar refractivity (Wildman–Crippen MR) is 139 cm³/mol. The van der Waals surface area contributed by atoms with Gasteiger partial charge in [-0.2, -0.15) is 0 Å². The summed E-state index contributed by atoms with van der Waals surface area (Å²) < 4.78 is 28.6. The third-order valence-electron chi connectivity index (χ3n) is 7.39. The number of fused-ring (bicyclic) bond motifs is 2. The molecule has 1 atom stereocenters. The van der Waals surface area contributed by atoms with Crippen LogP contribution in [0.1, 0.15) is 52.3 Å². The third kappa shape index (κ3) is 4.56. The van der Waals surface area contributed by atoms with Gasteiger partial charge < -0.3 is 19.1 Å². The molecule has 0 amide bonds. The van der Waals surface area contributed by atoms with Crippen LogP contribution in [0.25, 0.3) is 11.2 Å². The number of carboxylic acids is 1. The molecule has 2 aliphatic rings. The highest BCUT2D eigenvalue weighted by molar-refractivity contribution is 6.30. The molecule has 0 aliphatic carbocycles. The number of aryl methyl sites for hydroxylation is 1. The number of rotatable bonds is 5. The van der Waals surface area contributed by atoms with Gasteiger partial charge in [-0.3, -0.25) is 4.90 Å². The summed E-state index contributed by atoms with van der Waals surface area (Å²) in [7, 11) is 1.87.